The van der Waals surface area contributed by atoms with Crippen molar-refractivity contribution in [3.05, 3.63) is 29.3 Å². The summed E-state index contributed by atoms with van der Waals surface area (Å²) in [5.41, 5.74) is 1.06. The van der Waals surface area contributed by atoms with Gasteiger partial charge in [-0.2, -0.15) is 0 Å². The molecule has 0 aliphatic heterocycles. The summed E-state index contributed by atoms with van der Waals surface area (Å²) in [4.78, 5) is 0. The Bertz CT molecular complexity index is 337. The second kappa shape index (κ2) is 6.87. The highest BCUT2D eigenvalue weighted by molar-refractivity contribution is 6.30. The van der Waals surface area contributed by atoms with Crippen molar-refractivity contribution in [2.45, 2.75) is 38.2 Å². The number of rotatable bonds is 5. The third-order valence-corrected chi connectivity index (χ3v) is 3.40. The highest BCUT2D eigenvalue weighted by Crippen LogP contribution is 2.20. The molecule has 2 rings (SSSR count). The summed E-state index contributed by atoms with van der Waals surface area (Å²) in [6.07, 6.45) is 6.98. The molecule has 1 aliphatic rings. The lowest BCUT2D eigenvalue weighted by Crippen LogP contribution is -2.20. The van der Waals surface area contributed by atoms with Crippen LogP contribution in [0.25, 0.3) is 0 Å². The van der Waals surface area contributed by atoms with E-state index in [0.29, 0.717) is 6.10 Å². The molecule has 1 aromatic carbocycles. The summed E-state index contributed by atoms with van der Waals surface area (Å²) in [7, 11) is 0. The molecule has 0 heterocycles. The van der Waals surface area contributed by atoms with Crippen molar-refractivity contribution in [2.24, 2.45) is 0 Å². The van der Waals surface area contributed by atoms with Crippen LogP contribution in [-0.4, -0.2) is 19.3 Å². The topological polar surface area (TPSA) is 21.3 Å². The molecule has 1 N–H and O–H groups in total. The minimum absolute atomic E-state index is 0.491. The van der Waals surface area contributed by atoms with E-state index < -0.39 is 0 Å². The zero-order valence-corrected chi connectivity index (χ0v) is 10.9. The van der Waals surface area contributed by atoms with Crippen molar-refractivity contribution in [2.75, 3.05) is 18.5 Å². The van der Waals surface area contributed by atoms with Gasteiger partial charge in [0.05, 0.1) is 12.7 Å². The SMILES string of the molecule is Clc1cccc(NCCOC2CCCCC2)c1. The Morgan fingerprint density at radius 3 is 2.82 bits per heavy atom. The smallest absolute Gasteiger partial charge is 0.0642 e. The van der Waals surface area contributed by atoms with Crippen molar-refractivity contribution >= 4 is 17.3 Å². The van der Waals surface area contributed by atoms with Gasteiger partial charge >= 0.3 is 0 Å². The van der Waals surface area contributed by atoms with Crippen LogP contribution in [0.5, 0.6) is 0 Å². The maximum atomic E-state index is 5.91. The summed E-state index contributed by atoms with van der Waals surface area (Å²) in [6.45, 7) is 1.62. The van der Waals surface area contributed by atoms with E-state index >= 15 is 0 Å². The predicted molar refractivity (Wildman–Crippen MR) is 72.8 cm³/mol. The highest BCUT2D eigenvalue weighted by Gasteiger charge is 2.12. The molecular weight excluding hydrogens is 234 g/mol. The van der Waals surface area contributed by atoms with E-state index in [2.05, 4.69) is 5.32 Å². The minimum atomic E-state index is 0.491. The van der Waals surface area contributed by atoms with Crippen LogP contribution in [0.2, 0.25) is 5.02 Å². The molecule has 0 saturated heterocycles. The zero-order chi connectivity index (χ0) is 11.9. The van der Waals surface area contributed by atoms with Gasteiger partial charge in [-0.05, 0) is 31.0 Å². The minimum Gasteiger partial charge on any atom is -0.383 e. The van der Waals surface area contributed by atoms with E-state index in [1.54, 1.807) is 0 Å². The Morgan fingerprint density at radius 1 is 1.24 bits per heavy atom. The van der Waals surface area contributed by atoms with E-state index in [-0.39, 0.29) is 0 Å². The Labute approximate surface area is 108 Å². The molecule has 3 heteroatoms. The van der Waals surface area contributed by atoms with Crippen LogP contribution in [0.1, 0.15) is 32.1 Å². The number of halogens is 1. The standard InChI is InChI=1S/C14H20ClNO/c15-12-5-4-6-13(11-12)16-9-10-17-14-7-2-1-3-8-14/h4-6,11,14,16H,1-3,7-10H2. The molecule has 0 bridgehead atoms. The lowest BCUT2D eigenvalue weighted by atomic mass is 9.98. The molecule has 0 radical (unpaired) electrons. The fraction of sp³-hybridized carbons (Fsp3) is 0.571. The Morgan fingerprint density at radius 2 is 2.06 bits per heavy atom. The molecule has 0 spiro atoms. The van der Waals surface area contributed by atoms with Crippen LogP contribution in [0.3, 0.4) is 0 Å². The van der Waals surface area contributed by atoms with E-state index in [1.165, 1.54) is 32.1 Å². The summed E-state index contributed by atoms with van der Waals surface area (Å²) in [5.74, 6) is 0. The average molecular weight is 254 g/mol. The third kappa shape index (κ3) is 4.57. The maximum absolute atomic E-state index is 5.91. The van der Waals surface area contributed by atoms with Crippen molar-refractivity contribution in [3.8, 4) is 0 Å². The monoisotopic (exact) mass is 253 g/mol. The van der Waals surface area contributed by atoms with Gasteiger partial charge in [0.25, 0.3) is 0 Å². The largest absolute Gasteiger partial charge is 0.383 e. The molecule has 0 atom stereocenters. The summed E-state index contributed by atoms with van der Waals surface area (Å²) < 4.78 is 5.84. The lowest BCUT2D eigenvalue weighted by Gasteiger charge is -2.22. The Kier molecular flexibility index (Phi) is 5.14. The van der Waals surface area contributed by atoms with Crippen molar-refractivity contribution in [1.29, 1.82) is 0 Å². The van der Waals surface area contributed by atoms with E-state index in [1.807, 2.05) is 24.3 Å². The van der Waals surface area contributed by atoms with Gasteiger partial charge in [-0.25, -0.2) is 0 Å². The molecule has 1 aromatic rings. The van der Waals surface area contributed by atoms with Crippen molar-refractivity contribution in [1.82, 2.24) is 0 Å². The molecule has 94 valence electrons. The van der Waals surface area contributed by atoms with E-state index in [4.69, 9.17) is 16.3 Å². The van der Waals surface area contributed by atoms with Crippen LogP contribution >= 0.6 is 11.6 Å². The van der Waals surface area contributed by atoms with Crippen molar-refractivity contribution < 1.29 is 4.74 Å². The highest BCUT2D eigenvalue weighted by atomic mass is 35.5. The molecule has 1 aliphatic carbocycles. The molecule has 17 heavy (non-hydrogen) atoms. The van der Waals surface area contributed by atoms with Gasteiger partial charge in [-0.1, -0.05) is 36.9 Å². The van der Waals surface area contributed by atoms with Gasteiger partial charge in [-0.15, -0.1) is 0 Å². The van der Waals surface area contributed by atoms with Gasteiger partial charge in [0.1, 0.15) is 0 Å². The number of hydrogen-bond donors (Lipinski definition) is 1. The second-order valence-electron chi connectivity index (χ2n) is 4.57. The summed E-state index contributed by atoms with van der Waals surface area (Å²) in [6, 6.07) is 7.78. The maximum Gasteiger partial charge on any atom is 0.0642 e. The first-order valence-corrected chi connectivity index (χ1v) is 6.83. The molecule has 0 amide bonds. The van der Waals surface area contributed by atoms with E-state index in [9.17, 15) is 0 Å². The molecule has 1 fully saturated rings. The van der Waals surface area contributed by atoms with Crippen LogP contribution in [-0.2, 0) is 4.74 Å². The second-order valence-corrected chi connectivity index (χ2v) is 5.00. The molecule has 0 unspecified atom stereocenters. The van der Waals surface area contributed by atoms with Gasteiger partial charge in [0.15, 0.2) is 0 Å². The fourth-order valence-corrected chi connectivity index (χ4v) is 2.44. The van der Waals surface area contributed by atoms with Crippen LogP contribution in [0.15, 0.2) is 24.3 Å². The van der Waals surface area contributed by atoms with Crippen LogP contribution in [0, 0.1) is 0 Å². The first-order chi connectivity index (χ1) is 8.34. The quantitative estimate of drug-likeness (QED) is 0.798. The molecular formula is C14H20ClNO. The van der Waals surface area contributed by atoms with Gasteiger partial charge < -0.3 is 10.1 Å². The lowest BCUT2D eigenvalue weighted by molar-refractivity contribution is 0.0347. The number of nitrogens with one attached hydrogen (secondary N) is 1. The summed E-state index contributed by atoms with van der Waals surface area (Å²) >= 11 is 5.91. The van der Waals surface area contributed by atoms with Gasteiger partial charge in [-0.3, -0.25) is 0 Å². The van der Waals surface area contributed by atoms with Crippen LogP contribution in [0.4, 0.5) is 5.69 Å². The first kappa shape index (κ1) is 12.7. The number of hydrogen-bond acceptors (Lipinski definition) is 2. The Hall–Kier alpha value is -0.730. The van der Waals surface area contributed by atoms with Gasteiger partial charge in [0.2, 0.25) is 0 Å². The predicted octanol–water partition coefficient (Wildman–Crippen LogP) is 4.10. The number of ether oxygens (including phenoxy) is 1. The average Bonchev–Trinajstić information content (AvgIpc) is 2.36. The normalized spacial score (nSPS) is 17.0. The number of anilines is 1. The van der Waals surface area contributed by atoms with Crippen LogP contribution < -0.4 is 5.32 Å². The van der Waals surface area contributed by atoms with Crippen molar-refractivity contribution in [3.63, 3.8) is 0 Å². The van der Waals surface area contributed by atoms with Gasteiger partial charge in [0, 0.05) is 17.3 Å². The zero-order valence-electron chi connectivity index (χ0n) is 10.1. The van der Waals surface area contributed by atoms with E-state index in [0.717, 1.165) is 23.9 Å². The Balaban J connectivity index is 1.62. The summed E-state index contributed by atoms with van der Waals surface area (Å²) in [5, 5.41) is 4.08. The first-order valence-electron chi connectivity index (χ1n) is 6.45. The molecule has 2 nitrogen and oxygen atoms in total. The molecule has 1 saturated carbocycles. The fourth-order valence-electron chi connectivity index (χ4n) is 2.25. The molecule has 0 aromatic heterocycles. The number of benzene rings is 1. The third-order valence-electron chi connectivity index (χ3n) is 3.16.